The Balaban J connectivity index is 2.27. The molecule has 0 atom stereocenters. The molecule has 2 N–H and O–H groups in total. The first-order chi connectivity index (χ1) is 9.97. The monoisotopic (exact) mass is 306 g/mol. The quantitative estimate of drug-likeness (QED) is 0.764. The van der Waals surface area contributed by atoms with Crippen LogP contribution in [0.5, 0.6) is 0 Å². The lowest BCUT2D eigenvalue weighted by atomic mass is 10.2. The molecule has 0 radical (unpaired) electrons. The molecule has 0 fully saturated rings. The van der Waals surface area contributed by atoms with Crippen molar-refractivity contribution >= 4 is 28.6 Å². The van der Waals surface area contributed by atoms with Crippen LogP contribution in [0.15, 0.2) is 41.2 Å². The van der Waals surface area contributed by atoms with Crippen molar-refractivity contribution in [2.45, 2.75) is 0 Å². The summed E-state index contributed by atoms with van der Waals surface area (Å²) in [4.78, 5) is 25.5. The van der Waals surface area contributed by atoms with Crippen LogP contribution in [0, 0.1) is 5.82 Å². The highest BCUT2D eigenvalue weighted by Gasteiger charge is 2.12. The van der Waals surface area contributed by atoms with E-state index in [2.05, 4.69) is 4.98 Å². The number of rotatable bonds is 2. The van der Waals surface area contributed by atoms with Crippen LogP contribution in [-0.4, -0.2) is 20.6 Å². The fraction of sp³-hybridized carbons (Fsp3) is 0. The molecule has 0 spiro atoms. The third kappa shape index (κ3) is 2.19. The van der Waals surface area contributed by atoms with Gasteiger partial charge < -0.3 is 10.1 Å². The minimum absolute atomic E-state index is 0.0418. The van der Waals surface area contributed by atoms with E-state index in [0.717, 1.165) is 6.07 Å². The molecule has 0 aliphatic rings. The van der Waals surface area contributed by atoms with Gasteiger partial charge in [-0.1, -0.05) is 11.6 Å². The largest absolute Gasteiger partial charge is 0.478 e. The second kappa shape index (κ2) is 4.75. The van der Waals surface area contributed by atoms with Crippen molar-refractivity contribution in [1.29, 1.82) is 0 Å². The molecule has 3 aromatic rings. The van der Waals surface area contributed by atoms with Gasteiger partial charge in [-0.3, -0.25) is 4.57 Å². The number of aromatic amines is 1. The van der Waals surface area contributed by atoms with Gasteiger partial charge in [0.25, 0.3) is 0 Å². The number of imidazole rings is 1. The van der Waals surface area contributed by atoms with Gasteiger partial charge in [-0.15, -0.1) is 0 Å². The molecule has 0 bridgehead atoms. The molecule has 0 aliphatic carbocycles. The van der Waals surface area contributed by atoms with Crippen LogP contribution < -0.4 is 5.69 Å². The number of carbonyl (C=O) groups is 1. The van der Waals surface area contributed by atoms with Crippen molar-refractivity contribution in [3.63, 3.8) is 0 Å². The van der Waals surface area contributed by atoms with Crippen molar-refractivity contribution in [2.24, 2.45) is 0 Å². The van der Waals surface area contributed by atoms with E-state index in [4.69, 9.17) is 16.7 Å². The number of aromatic carboxylic acids is 1. The van der Waals surface area contributed by atoms with Gasteiger partial charge in [0.05, 0.1) is 27.3 Å². The van der Waals surface area contributed by atoms with E-state index >= 15 is 0 Å². The fourth-order valence-electron chi connectivity index (χ4n) is 2.13. The molecule has 0 aliphatic heterocycles. The summed E-state index contributed by atoms with van der Waals surface area (Å²) in [5.41, 5.74) is 0.672. The number of nitrogens with one attached hydrogen (secondary N) is 1. The number of hydrogen-bond donors (Lipinski definition) is 2. The van der Waals surface area contributed by atoms with E-state index in [1.807, 2.05) is 0 Å². The number of benzene rings is 2. The zero-order valence-electron chi connectivity index (χ0n) is 10.4. The minimum Gasteiger partial charge on any atom is -0.478 e. The number of aromatic nitrogens is 2. The maximum atomic E-state index is 13.5. The summed E-state index contributed by atoms with van der Waals surface area (Å²) in [6.07, 6.45) is 0. The van der Waals surface area contributed by atoms with Gasteiger partial charge in [-0.25, -0.2) is 14.0 Å². The standard InChI is InChI=1S/C14H8ClFN2O3/c15-9-3-2-8(6-10(9)16)18-12-4-1-7(13(19)20)5-11(12)17-14(18)21/h1-6H,(H,17,21)(H,19,20). The Morgan fingerprint density at radius 3 is 2.67 bits per heavy atom. The average molecular weight is 307 g/mol. The van der Waals surface area contributed by atoms with E-state index in [1.165, 1.54) is 34.9 Å². The molecule has 0 saturated heterocycles. The van der Waals surface area contributed by atoms with Crippen molar-refractivity contribution < 1.29 is 14.3 Å². The summed E-state index contributed by atoms with van der Waals surface area (Å²) >= 11 is 5.62. The molecule has 1 heterocycles. The second-order valence-corrected chi connectivity index (χ2v) is 4.81. The first-order valence-corrected chi connectivity index (χ1v) is 6.28. The van der Waals surface area contributed by atoms with Gasteiger partial charge in [0.1, 0.15) is 5.82 Å². The predicted molar refractivity (Wildman–Crippen MR) is 75.8 cm³/mol. The third-order valence-corrected chi connectivity index (χ3v) is 3.40. The summed E-state index contributed by atoms with van der Waals surface area (Å²) in [6, 6.07) is 8.21. The van der Waals surface area contributed by atoms with Crippen LogP contribution in [0.1, 0.15) is 10.4 Å². The van der Waals surface area contributed by atoms with Crippen LogP contribution in [0.3, 0.4) is 0 Å². The van der Waals surface area contributed by atoms with Gasteiger partial charge in [-0.2, -0.15) is 0 Å². The smallest absolute Gasteiger partial charge is 0.335 e. The highest BCUT2D eigenvalue weighted by molar-refractivity contribution is 6.30. The highest BCUT2D eigenvalue weighted by atomic mass is 35.5. The molecule has 21 heavy (non-hydrogen) atoms. The molecule has 0 unspecified atom stereocenters. The Morgan fingerprint density at radius 2 is 2.00 bits per heavy atom. The Labute approximate surface area is 122 Å². The Morgan fingerprint density at radius 1 is 1.24 bits per heavy atom. The second-order valence-electron chi connectivity index (χ2n) is 4.40. The van der Waals surface area contributed by atoms with Gasteiger partial charge in [0.15, 0.2) is 0 Å². The van der Waals surface area contributed by atoms with E-state index in [0.29, 0.717) is 16.7 Å². The van der Waals surface area contributed by atoms with Crippen LogP contribution in [0.25, 0.3) is 16.7 Å². The predicted octanol–water partition coefficient (Wildman–Crippen LogP) is 2.81. The highest BCUT2D eigenvalue weighted by Crippen LogP contribution is 2.21. The average Bonchev–Trinajstić information content (AvgIpc) is 2.76. The van der Waals surface area contributed by atoms with Crippen LogP contribution in [-0.2, 0) is 0 Å². The summed E-state index contributed by atoms with van der Waals surface area (Å²) in [5, 5.41) is 8.90. The molecule has 0 saturated carbocycles. The first kappa shape index (κ1) is 13.4. The van der Waals surface area contributed by atoms with Crippen LogP contribution in [0.2, 0.25) is 5.02 Å². The van der Waals surface area contributed by atoms with Crippen molar-refractivity contribution in [3.05, 3.63) is 63.3 Å². The van der Waals surface area contributed by atoms with E-state index < -0.39 is 17.5 Å². The number of carboxylic acids is 1. The summed E-state index contributed by atoms with van der Waals surface area (Å²) in [6.45, 7) is 0. The SMILES string of the molecule is O=C(O)c1ccc2c(c1)[nH]c(=O)n2-c1ccc(Cl)c(F)c1. The normalized spacial score (nSPS) is 11.0. The molecule has 2 aromatic carbocycles. The lowest BCUT2D eigenvalue weighted by Gasteiger charge is -2.04. The zero-order chi connectivity index (χ0) is 15.1. The summed E-state index contributed by atoms with van der Waals surface area (Å²) < 4.78 is 14.8. The molecule has 3 rings (SSSR count). The molecule has 7 heteroatoms. The molecule has 0 amide bonds. The lowest BCUT2D eigenvalue weighted by Crippen LogP contribution is -2.14. The minimum atomic E-state index is -1.09. The number of fused-ring (bicyclic) bond motifs is 1. The number of halogens is 2. The molecule has 106 valence electrons. The number of carboxylic acid groups (broad SMARTS) is 1. The van der Waals surface area contributed by atoms with E-state index in [-0.39, 0.29) is 10.6 Å². The Hall–Kier alpha value is -2.60. The topological polar surface area (TPSA) is 75.1 Å². The summed E-state index contributed by atoms with van der Waals surface area (Å²) in [7, 11) is 0. The summed E-state index contributed by atoms with van der Waals surface area (Å²) in [5.74, 6) is -1.74. The van der Waals surface area contributed by atoms with Crippen molar-refractivity contribution in [3.8, 4) is 5.69 Å². The maximum Gasteiger partial charge on any atom is 0.335 e. The Bertz CT molecular complexity index is 930. The molecular weight excluding hydrogens is 299 g/mol. The van der Waals surface area contributed by atoms with Gasteiger partial charge in [0.2, 0.25) is 0 Å². The fourth-order valence-corrected chi connectivity index (χ4v) is 2.24. The molecule has 1 aromatic heterocycles. The zero-order valence-corrected chi connectivity index (χ0v) is 11.2. The van der Waals surface area contributed by atoms with Crippen LogP contribution in [0.4, 0.5) is 4.39 Å². The maximum absolute atomic E-state index is 13.5. The number of hydrogen-bond acceptors (Lipinski definition) is 2. The van der Waals surface area contributed by atoms with Gasteiger partial charge in [0, 0.05) is 0 Å². The van der Waals surface area contributed by atoms with Gasteiger partial charge >= 0.3 is 11.7 Å². The molecular formula is C14H8ClFN2O3. The third-order valence-electron chi connectivity index (χ3n) is 3.09. The van der Waals surface area contributed by atoms with Crippen LogP contribution >= 0.6 is 11.6 Å². The number of H-pyrrole nitrogens is 1. The van der Waals surface area contributed by atoms with Crippen molar-refractivity contribution in [1.82, 2.24) is 9.55 Å². The van der Waals surface area contributed by atoms with E-state index in [9.17, 15) is 14.0 Å². The molecule has 5 nitrogen and oxygen atoms in total. The number of nitrogens with zero attached hydrogens (tertiary/aromatic N) is 1. The van der Waals surface area contributed by atoms with Gasteiger partial charge in [-0.05, 0) is 36.4 Å². The lowest BCUT2D eigenvalue weighted by molar-refractivity contribution is 0.0697. The Kier molecular flexibility index (Phi) is 3.03. The first-order valence-electron chi connectivity index (χ1n) is 5.91. The van der Waals surface area contributed by atoms with Crippen molar-refractivity contribution in [2.75, 3.05) is 0 Å². The van der Waals surface area contributed by atoms with E-state index in [1.54, 1.807) is 0 Å².